The minimum absolute atomic E-state index is 0.215. The Hall–Kier alpha value is -2.08. The lowest BCUT2D eigenvalue weighted by molar-refractivity contribution is 0.462. The van der Waals surface area contributed by atoms with Crippen molar-refractivity contribution in [3.05, 3.63) is 48.7 Å². The molecule has 1 heterocycles. The second-order valence-corrected chi connectivity index (χ2v) is 8.23. The van der Waals surface area contributed by atoms with Crippen LogP contribution in [0.5, 0.6) is 0 Å². The molecule has 1 fully saturated rings. The zero-order chi connectivity index (χ0) is 17.7. The number of sulfonamides is 1. The Kier molecular flexibility index (Phi) is 5.58. The minimum atomic E-state index is -3.61. The fraction of sp³-hybridized carbons (Fsp3) is 0.421. The van der Waals surface area contributed by atoms with E-state index in [1.54, 1.807) is 24.3 Å². The second-order valence-electron chi connectivity index (χ2n) is 6.36. The summed E-state index contributed by atoms with van der Waals surface area (Å²) in [5.74, 6) is 0.744. The van der Waals surface area contributed by atoms with E-state index in [1.165, 1.54) is 29.8 Å². The molecule has 6 heteroatoms. The average Bonchev–Trinajstić information content (AvgIpc) is 2.64. The van der Waals surface area contributed by atoms with Crippen LogP contribution in [0.1, 0.15) is 39.0 Å². The summed E-state index contributed by atoms with van der Waals surface area (Å²) in [5, 5.41) is 3.41. The number of rotatable bonds is 6. The normalized spacial score (nSPS) is 15.7. The highest BCUT2D eigenvalue weighted by Crippen LogP contribution is 2.24. The Bertz CT molecular complexity index is 770. The summed E-state index contributed by atoms with van der Waals surface area (Å²) >= 11 is 0. The van der Waals surface area contributed by atoms with Gasteiger partial charge in [0.2, 0.25) is 0 Å². The Morgan fingerprint density at radius 2 is 1.80 bits per heavy atom. The van der Waals surface area contributed by atoms with Gasteiger partial charge in [-0.1, -0.05) is 37.5 Å². The van der Waals surface area contributed by atoms with E-state index >= 15 is 0 Å². The summed E-state index contributed by atoms with van der Waals surface area (Å²) in [7, 11) is -3.61. The summed E-state index contributed by atoms with van der Waals surface area (Å²) in [6.45, 7) is 2.20. The largest absolute Gasteiger partial charge is 0.367 e. The van der Waals surface area contributed by atoms with Crippen LogP contribution in [0.3, 0.4) is 0 Å². The minimum Gasteiger partial charge on any atom is -0.367 e. The quantitative estimate of drug-likeness (QED) is 0.845. The number of nitrogens with one attached hydrogen (secondary N) is 1. The van der Waals surface area contributed by atoms with Gasteiger partial charge in [0, 0.05) is 18.8 Å². The molecule has 1 aromatic carbocycles. The van der Waals surface area contributed by atoms with Gasteiger partial charge in [0.25, 0.3) is 10.0 Å². The molecular formula is C19H25N3O2S. The van der Waals surface area contributed by atoms with Crippen LogP contribution in [-0.4, -0.2) is 26.0 Å². The van der Waals surface area contributed by atoms with Crippen molar-refractivity contribution in [1.82, 2.24) is 4.98 Å². The van der Waals surface area contributed by atoms with E-state index in [1.807, 2.05) is 25.1 Å². The molecule has 0 bridgehead atoms. The molecule has 1 saturated carbocycles. The maximum absolute atomic E-state index is 12.9. The third-order valence-corrected chi connectivity index (χ3v) is 6.50. The molecule has 5 nitrogen and oxygen atoms in total. The van der Waals surface area contributed by atoms with Crippen LogP contribution in [0.4, 0.5) is 11.5 Å². The first kappa shape index (κ1) is 17.7. The van der Waals surface area contributed by atoms with Gasteiger partial charge < -0.3 is 5.32 Å². The van der Waals surface area contributed by atoms with Crippen LogP contribution in [0.15, 0.2) is 53.6 Å². The Morgan fingerprint density at radius 3 is 2.40 bits per heavy atom. The summed E-state index contributed by atoms with van der Waals surface area (Å²) in [5.41, 5.74) is 0.661. The van der Waals surface area contributed by atoms with Crippen LogP contribution in [0.2, 0.25) is 0 Å². The van der Waals surface area contributed by atoms with Crippen molar-refractivity contribution in [1.29, 1.82) is 0 Å². The first-order chi connectivity index (χ1) is 12.1. The highest BCUT2D eigenvalue weighted by Gasteiger charge is 2.24. The zero-order valence-corrected chi connectivity index (χ0v) is 15.4. The molecule has 0 aliphatic heterocycles. The predicted molar refractivity (Wildman–Crippen MR) is 101 cm³/mol. The second kappa shape index (κ2) is 7.87. The summed E-state index contributed by atoms with van der Waals surface area (Å²) in [4.78, 5) is 4.55. The lowest BCUT2D eigenvalue weighted by atomic mass is 9.95. The van der Waals surface area contributed by atoms with Gasteiger partial charge in [-0.25, -0.2) is 13.4 Å². The maximum atomic E-state index is 12.9. The molecule has 0 spiro atoms. The number of anilines is 2. The standard InChI is InChI=1S/C19H25N3O2S/c1-2-22(17-11-7-4-8-12-17)25(23,24)18-13-14-19(20-15-18)21-16-9-5-3-6-10-16/h4,7-8,11-16H,2-3,5-6,9-10H2,1H3,(H,20,21). The van der Waals surface area contributed by atoms with Crippen molar-refractivity contribution >= 4 is 21.5 Å². The van der Waals surface area contributed by atoms with Crippen LogP contribution in [0, 0.1) is 0 Å². The number of hydrogen-bond donors (Lipinski definition) is 1. The fourth-order valence-electron chi connectivity index (χ4n) is 3.29. The molecule has 0 radical (unpaired) electrons. The molecule has 1 N–H and O–H groups in total. The molecule has 0 unspecified atom stereocenters. The Morgan fingerprint density at radius 1 is 1.08 bits per heavy atom. The van der Waals surface area contributed by atoms with E-state index in [0.29, 0.717) is 18.3 Å². The molecule has 0 saturated heterocycles. The number of aromatic nitrogens is 1. The molecule has 2 aromatic rings. The lowest BCUT2D eigenvalue weighted by Crippen LogP contribution is -2.30. The number of para-hydroxylation sites is 1. The van der Waals surface area contributed by atoms with Crippen LogP contribution in [-0.2, 0) is 10.0 Å². The van der Waals surface area contributed by atoms with Gasteiger partial charge in [-0.05, 0) is 44.0 Å². The van der Waals surface area contributed by atoms with Gasteiger partial charge in [-0.3, -0.25) is 4.31 Å². The predicted octanol–water partition coefficient (Wildman–Crippen LogP) is 4.04. The van der Waals surface area contributed by atoms with Crippen molar-refractivity contribution in [2.45, 2.75) is 50.0 Å². The van der Waals surface area contributed by atoms with Crippen molar-refractivity contribution < 1.29 is 8.42 Å². The lowest BCUT2D eigenvalue weighted by Gasteiger charge is -2.24. The van der Waals surface area contributed by atoms with E-state index in [9.17, 15) is 8.42 Å². The Labute approximate surface area is 150 Å². The zero-order valence-electron chi connectivity index (χ0n) is 14.6. The van der Waals surface area contributed by atoms with E-state index in [4.69, 9.17) is 0 Å². The van der Waals surface area contributed by atoms with Crippen LogP contribution >= 0.6 is 0 Å². The molecule has 3 rings (SSSR count). The van der Waals surface area contributed by atoms with Crippen molar-refractivity contribution in [2.24, 2.45) is 0 Å². The van der Waals surface area contributed by atoms with Gasteiger partial charge in [-0.15, -0.1) is 0 Å². The van der Waals surface area contributed by atoms with E-state index < -0.39 is 10.0 Å². The molecule has 0 atom stereocenters. The Balaban J connectivity index is 1.77. The highest BCUT2D eigenvalue weighted by molar-refractivity contribution is 7.92. The van der Waals surface area contributed by atoms with Crippen molar-refractivity contribution in [3.8, 4) is 0 Å². The summed E-state index contributed by atoms with van der Waals surface area (Å²) in [6, 6.07) is 13.0. The molecule has 1 aliphatic rings. The third-order valence-electron chi connectivity index (χ3n) is 4.61. The third kappa shape index (κ3) is 4.12. The summed E-state index contributed by atoms with van der Waals surface area (Å²) in [6.07, 6.45) is 7.54. The van der Waals surface area contributed by atoms with Crippen molar-refractivity contribution in [3.63, 3.8) is 0 Å². The van der Waals surface area contributed by atoms with Gasteiger partial charge in [0.15, 0.2) is 0 Å². The first-order valence-electron chi connectivity index (χ1n) is 8.91. The summed E-state index contributed by atoms with van der Waals surface area (Å²) < 4.78 is 27.3. The van der Waals surface area contributed by atoms with Gasteiger partial charge in [-0.2, -0.15) is 0 Å². The fourth-order valence-corrected chi connectivity index (χ4v) is 4.71. The smallest absolute Gasteiger partial charge is 0.265 e. The molecule has 1 aliphatic carbocycles. The number of pyridine rings is 1. The first-order valence-corrected chi connectivity index (χ1v) is 10.4. The van der Waals surface area contributed by atoms with Gasteiger partial charge in [0.05, 0.1) is 5.69 Å². The van der Waals surface area contributed by atoms with Gasteiger partial charge in [0.1, 0.15) is 10.7 Å². The van der Waals surface area contributed by atoms with E-state index in [-0.39, 0.29) is 4.90 Å². The SMILES string of the molecule is CCN(c1ccccc1)S(=O)(=O)c1ccc(NC2CCCCC2)nc1. The van der Waals surface area contributed by atoms with E-state index in [0.717, 1.165) is 18.7 Å². The number of benzene rings is 1. The monoisotopic (exact) mass is 359 g/mol. The van der Waals surface area contributed by atoms with Gasteiger partial charge >= 0.3 is 0 Å². The number of nitrogens with zero attached hydrogens (tertiary/aromatic N) is 2. The maximum Gasteiger partial charge on any atom is 0.265 e. The molecular weight excluding hydrogens is 334 g/mol. The average molecular weight is 359 g/mol. The molecule has 1 aromatic heterocycles. The van der Waals surface area contributed by atoms with Crippen molar-refractivity contribution in [2.75, 3.05) is 16.2 Å². The van der Waals surface area contributed by atoms with Crippen LogP contribution in [0.25, 0.3) is 0 Å². The van der Waals surface area contributed by atoms with E-state index in [2.05, 4.69) is 10.3 Å². The van der Waals surface area contributed by atoms with Crippen LogP contribution < -0.4 is 9.62 Å². The molecule has 25 heavy (non-hydrogen) atoms. The molecule has 0 amide bonds. The topological polar surface area (TPSA) is 62.3 Å². The highest BCUT2D eigenvalue weighted by atomic mass is 32.2. The molecule has 134 valence electrons. The number of hydrogen-bond acceptors (Lipinski definition) is 4.